The second kappa shape index (κ2) is 4.90. The van der Waals surface area contributed by atoms with Crippen LogP contribution in [0.1, 0.15) is 41.1 Å². The Morgan fingerprint density at radius 3 is 3.00 bits per heavy atom. The molecule has 1 atom stereocenters. The van der Waals surface area contributed by atoms with Crippen LogP contribution in [0.15, 0.2) is 18.3 Å². The summed E-state index contributed by atoms with van der Waals surface area (Å²) in [6.45, 7) is 7.14. The Kier molecular flexibility index (Phi) is 3.22. The van der Waals surface area contributed by atoms with Crippen molar-refractivity contribution in [2.24, 2.45) is 0 Å². The van der Waals surface area contributed by atoms with E-state index in [2.05, 4.69) is 16.8 Å². The lowest BCUT2D eigenvalue weighted by atomic mass is 10.1. The molecular weight excluding hydrogens is 254 g/mol. The van der Waals surface area contributed by atoms with Crippen LogP contribution in [0.2, 0.25) is 0 Å². The van der Waals surface area contributed by atoms with Gasteiger partial charge in [-0.2, -0.15) is 0 Å². The smallest absolute Gasteiger partial charge is 0.356 e. The van der Waals surface area contributed by atoms with Crippen molar-refractivity contribution >= 4 is 11.5 Å². The van der Waals surface area contributed by atoms with Crippen molar-refractivity contribution in [2.45, 2.75) is 26.2 Å². The van der Waals surface area contributed by atoms with Crippen molar-refractivity contribution < 1.29 is 9.90 Å². The van der Waals surface area contributed by atoms with Gasteiger partial charge in [-0.05, 0) is 38.1 Å². The fourth-order valence-corrected chi connectivity index (χ4v) is 3.10. The maximum atomic E-state index is 11.4. The van der Waals surface area contributed by atoms with Crippen LogP contribution >= 0.6 is 0 Å². The third-order valence-electron chi connectivity index (χ3n) is 4.18. The van der Waals surface area contributed by atoms with E-state index >= 15 is 0 Å². The van der Waals surface area contributed by atoms with Gasteiger partial charge in [-0.15, -0.1) is 0 Å². The van der Waals surface area contributed by atoms with Gasteiger partial charge in [-0.25, -0.2) is 9.78 Å². The van der Waals surface area contributed by atoms with Crippen LogP contribution in [-0.2, 0) is 0 Å². The van der Waals surface area contributed by atoms with Crippen LogP contribution < -0.4 is 0 Å². The number of carboxylic acid groups (broad SMARTS) is 1. The monoisotopic (exact) mass is 273 g/mol. The molecule has 0 aliphatic carbocycles. The Morgan fingerprint density at radius 1 is 1.55 bits per heavy atom. The molecule has 106 valence electrons. The quantitative estimate of drug-likeness (QED) is 0.931. The number of hydrogen-bond acceptors (Lipinski definition) is 3. The molecule has 1 aliphatic rings. The lowest BCUT2D eigenvalue weighted by molar-refractivity contribution is 0.0693. The second-order valence-corrected chi connectivity index (χ2v) is 5.41. The van der Waals surface area contributed by atoms with Gasteiger partial charge in [0.15, 0.2) is 5.69 Å². The predicted molar refractivity (Wildman–Crippen MR) is 76.4 cm³/mol. The van der Waals surface area contributed by atoms with Crippen LogP contribution in [0.5, 0.6) is 0 Å². The topological polar surface area (TPSA) is 57.8 Å². The van der Waals surface area contributed by atoms with Gasteiger partial charge in [0.1, 0.15) is 5.82 Å². The highest BCUT2D eigenvalue weighted by Crippen LogP contribution is 2.29. The van der Waals surface area contributed by atoms with Crippen LogP contribution in [0.3, 0.4) is 0 Å². The lowest BCUT2D eigenvalue weighted by Crippen LogP contribution is -2.19. The number of aromatic carboxylic acids is 1. The first kappa shape index (κ1) is 13.1. The molecule has 0 amide bonds. The van der Waals surface area contributed by atoms with Gasteiger partial charge in [0.2, 0.25) is 0 Å². The molecule has 2 aromatic heterocycles. The van der Waals surface area contributed by atoms with E-state index in [4.69, 9.17) is 0 Å². The largest absolute Gasteiger partial charge is 0.476 e. The highest BCUT2D eigenvalue weighted by molar-refractivity contribution is 5.94. The molecule has 3 rings (SSSR count). The van der Waals surface area contributed by atoms with Gasteiger partial charge in [-0.3, -0.25) is 0 Å². The van der Waals surface area contributed by atoms with E-state index in [0.29, 0.717) is 5.92 Å². The zero-order valence-corrected chi connectivity index (χ0v) is 11.8. The maximum Gasteiger partial charge on any atom is 0.356 e. The number of pyridine rings is 1. The Morgan fingerprint density at radius 2 is 2.35 bits per heavy atom. The van der Waals surface area contributed by atoms with E-state index in [0.717, 1.165) is 43.0 Å². The number of hydrogen-bond donors (Lipinski definition) is 1. The minimum absolute atomic E-state index is 0.174. The minimum Gasteiger partial charge on any atom is -0.476 e. The highest BCUT2D eigenvalue weighted by atomic mass is 16.4. The van der Waals surface area contributed by atoms with E-state index in [9.17, 15) is 9.90 Å². The standard InChI is InChI=1S/C15H19N3O2/c1-3-17-8-6-11(9-17)14-16-12(15(19)20)13-10(2)5-4-7-18(13)14/h4-5,7,11H,3,6,8-9H2,1-2H3,(H,19,20). The fraction of sp³-hybridized carbons (Fsp3) is 0.467. The van der Waals surface area contributed by atoms with Gasteiger partial charge in [0.25, 0.3) is 0 Å². The number of fused-ring (bicyclic) bond motifs is 1. The molecule has 1 aliphatic heterocycles. The Hall–Kier alpha value is -1.88. The zero-order valence-electron chi connectivity index (χ0n) is 11.8. The third-order valence-corrected chi connectivity index (χ3v) is 4.18. The summed E-state index contributed by atoms with van der Waals surface area (Å²) in [5.74, 6) is 0.253. The summed E-state index contributed by atoms with van der Waals surface area (Å²) in [7, 11) is 0. The molecular formula is C15H19N3O2. The molecule has 1 unspecified atom stereocenters. The molecule has 5 heteroatoms. The number of imidazole rings is 1. The molecule has 2 aromatic rings. The van der Waals surface area contributed by atoms with Gasteiger partial charge >= 0.3 is 5.97 Å². The van der Waals surface area contributed by atoms with Gasteiger partial charge in [-0.1, -0.05) is 13.0 Å². The molecule has 1 fully saturated rings. The number of likely N-dealkylation sites (tertiary alicyclic amines) is 1. The normalized spacial score (nSPS) is 19.8. The summed E-state index contributed by atoms with van der Waals surface area (Å²) in [6, 6.07) is 3.88. The zero-order chi connectivity index (χ0) is 14.3. The van der Waals surface area contributed by atoms with Crippen molar-refractivity contribution in [3.8, 4) is 0 Å². The summed E-state index contributed by atoms with van der Waals surface area (Å²) in [5, 5.41) is 9.38. The molecule has 0 radical (unpaired) electrons. The van der Waals surface area contributed by atoms with Crippen molar-refractivity contribution in [1.29, 1.82) is 0 Å². The molecule has 0 saturated carbocycles. The van der Waals surface area contributed by atoms with Gasteiger partial charge in [0.05, 0.1) is 5.52 Å². The first-order chi connectivity index (χ1) is 9.61. The second-order valence-electron chi connectivity index (χ2n) is 5.41. The molecule has 0 bridgehead atoms. The van der Waals surface area contributed by atoms with Crippen molar-refractivity contribution in [2.75, 3.05) is 19.6 Å². The lowest BCUT2D eigenvalue weighted by Gasteiger charge is -2.12. The Labute approximate surface area is 117 Å². The number of carboxylic acids is 1. The number of likely N-dealkylation sites (N-methyl/N-ethyl adjacent to an activating group) is 1. The summed E-state index contributed by atoms with van der Waals surface area (Å²) in [4.78, 5) is 18.2. The average Bonchev–Trinajstić information content (AvgIpc) is 3.02. The van der Waals surface area contributed by atoms with E-state index in [1.807, 2.05) is 29.7 Å². The van der Waals surface area contributed by atoms with Crippen molar-refractivity contribution in [1.82, 2.24) is 14.3 Å². The van der Waals surface area contributed by atoms with Gasteiger partial charge < -0.3 is 14.4 Å². The van der Waals surface area contributed by atoms with Crippen molar-refractivity contribution in [3.63, 3.8) is 0 Å². The third kappa shape index (κ3) is 1.98. The first-order valence-electron chi connectivity index (χ1n) is 7.05. The number of rotatable bonds is 3. The first-order valence-corrected chi connectivity index (χ1v) is 7.05. The summed E-state index contributed by atoms with van der Waals surface area (Å²) >= 11 is 0. The average molecular weight is 273 g/mol. The van der Waals surface area contributed by atoms with E-state index in [1.54, 1.807) is 0 Å². The fourth-order valence-electron chi connectivity index (χ4n) is 3.10. The number of nitrogens with zero attached hydrogens (tertiary/aromatic N) is 3. The van der Waals surface area contributed by atoms with Crippen LogP contribution in [0, 0.1) is 6.92 Å². The van der Waals surface area contributed by atoms with E-state index in [-0.39, 0.29) is 5.69 Å². The highest BCUT2D eigenvalue weighted by Gasteiger charge is 2.28. The molecule has 1 saturated heterocycles. The summed E-state index contributed by atoms with van der Waals surface area (Å²) in [5.41, 5.74) is 1.85. The number of aryl methyl sites for hydroxylation is 1. The molecule has 20 heavy (non-hydrogen) atoms. The maximum absolute atomic E-state index is 11.4. The van der Waals surface area contributed by atoms with Gasteiger partial charge in [0, 0.05) is 18.7 Å². The van der Waals surface area contributed by atoms with E-state index in [1.165, 1.54) is 0 Å². The van der Waals surface area contributed by atoms with Crippen LogP contribution in [-0.4, -0.2) is 45.0 Å². The number of aromatic nitrogens is 2. The molecule has 0 aromatic carbocycles. The van der Waals surface area contributed by atoms with Crippen molar-refractivity contribution in [3.05, 3.63) is 35.4 Å². The van der Waals surface area contributed by atoms with Crippen LogP contribution in [0.4, 0.5) is 0 Å². The van der Waals surface area contributed by atoms with E-state index < -0.39 is 5.97 Å². The molecule has 1 N–H and O–H groups in total. The molecule has 3 heterocycles. The molecule has 0 spiro atoms. The Balaban J connectivity index is 2.12. The SMILES string of the molecule is CCN1CCC(c2nc(C(=O)O)c3c(C)cccn23)C1. The minimum atomic E-state index is -0.951. The van der Waals surface area contributed by atoms with Crippen LogP contribution in [0.25, 0.3) is 5.52 Å². The Bertz CT molecular complexity index is 662. The number of carbonyl (C=O) groups is 1. The summed E-state index contributed by atoms with van der Waals surface area (Å²) < 4.78 is 1.96. The predicted octanol–water partition coefficient (Wildman–Crippen LogP) is 2.15. The molecule has 5 nitrogen and oxygen atoms in total. The summed E-state index contributed by atoms with van der Waals surface area (Å²) in [6.07, 6.45) is 2.96.